The summed E-state index contributed by atoms with van der Waals surface area (Å²) in [6.07, 6.45) is 6.34. The van der Waals surface area contributed by atoms with Crippen molar-refractivity contribution in [3.8, 4) is 0 Å². The number of rotatable bonds is 5. The molecule has 1 unspecified atom stereocenters. The molecule has 1 aliphatic carbocycles. The van der Waals surface area contributed by atoms with Gasteiger partial charge in [0.1, 0.15) is 5.82 Å². The van der Waals surface area contributed by atoms with Crippen LogP contribution in [0, 0.1) is 5.92 Å². The number of benzene rings is 1. The largest absolute Gasteiger partial charge is 0.348 e. The second-order valence-corrected chi connectivity index (χ2v) is 4.64. The van der Waals surface area contributed by atoms with Gasteiger partial charge in [0.15, 0.2) is 0 Å². The van der Waals surface area contributed by atoms with E-state index in [-0.39, 0.29) is 0 Å². The Morgan fingerprint density at radius 2 is 2.12 bits per heavy atom. The molecule has 2 N–H and O–H groups in total. The Labute approximate surface area is 101 Å². The van der Waals surface area contributed by atoms with E-state index in [0.717, 1.165) is 18.3 Å². The van der Waals surface area contributed by atoms with Crippen molar-refractivity contribution in [3.05, 3.63) is 54.1 Å². The van der Waals surface area contributed by atoms with Gasteiger partial charge in [0.05, 0.1) is 6.54 Å². The Morgan fingerprint density at radius 1 is 1.29 bits per heavy atom. The van der Waals surface area contributed by atoms with E-state index in [2.05, 4.69) is 45.6 Å². The highest BCUT2D eigenvalue weighted by atomic mass is 15.0. The fraction of sp³-hybridized carbons (Fsp3) is 0.357. The predicted molar refractivity (Wildman–Crippen MR) is 67.3 cm³/mol. The van der Waals surface area contributed by atoms with E-state index in [4.69, 9.17) is 0 Å². The van der Waals surface area contributed by atoms with Gasteiger partial charge in [0.25, 0.3) is 0 Å². The Hall–Kier alpha value is -1.61. The number of nitrogens with zero attached hydrogens (tertiary/aromatic N) is 1. The van der Waals surface area contributed by atoms with E-state index in [1.165, 1.54) is 18.4 Å². The zero-order valence-electron chi connectivity index (χ0n) is 9.76. The Balaban J connectivity index is 1.68. The highest BCUT2D eigenvalue weighted by Crippen LogP contribution is 2.40. The van der Waals surface area contributed by atoms with Crippen LogP contribution < -0.4 is 5.32 Å². The van der Waals surface area contributed by atoms with Crippen molar-refractivity contribution in [2.24, 2.45) is 5.92 Å². The number of aromatic nitrogens is 2. The second kappa shape index (κ2) is 4.72. The molecule has 2 aromatic rings. The van der Waals surface area contributed by atoms with E-state index in [1.807, 2.05) is 6.20 Å². The monoisotopic (exact) mass is 227 g/mol. The van der Waals surface area contributed by atoms with E-state index in [1.54, 1.807) is 6.20 Å². The molecule has 1 fully saturated rings. The second-order valence-electron chi connectivity index (χ2n) is 4.64. The summed E-state index contributed by atoms with van der Waals surface area (Å²) in [5.41, 5.74) is 1.39. The molecule has 1 atom stereocenters. The number of H-pyrrole nitrogens is 1. The van der Waals surface area contributed by atoms with Gasteiger partial charge in [-0.05, 0) is 24.3 Å². The molecule has 0 radical (unpaired) electrons. The van der Waals surface area contributed by atoms with Gasteiger partial charge >= 0.3 is 0 Å². The average Bonchev–Trinajstić information content (AvgIpc) is 3.07. The van der Waals surface area contributed by atoms with Crippen molar-refractivity contribution in [2.45, 2.75) is 25.4 Å². The van der Waals surface area contributed by atoms with E-state index in [9.17, 15) is 0 Å². The summed E-state index contributed by atoms with van der Waals surface area (Å²) in [7, 11) is 0. The van der Waals surface area contributed by atoms with Crippen LogP contribution in [0.2, 0.25) is 0 Å². The van der Waals surface area contributed by atoms with Gasteiger partial charge in [-0.15, -0.1) is 0 Å². The van der Waals surface area contributed by atoms with Crippen LogP contribution in [-0.4, -0.2) is 9.97 Å². The first kappa shape index (κ1) is 10.5. The lowest BCUT2D eigenvalue weighted by Gasteiger charge is -2.18. The minimum Gasteiger partial charge on any atom is -0.348 e. The molecule has 3 nitrogen and oxygen atoms in total. The first-order valence-corrected chi connectivity index (χ1v) is 6.20. The molecule has 1 aromatic carbocycles. The molecule has 0 saturated heterocycles. The van der Waals surface area contributed by atoms with Gasteiger partial charge in [-0.2, -0.15) is 0 Å². The normalized spacial score (nSPS) is 16.9. The predicted octanol–water partition coefficient (Wildman–Crippen LogP) is 2.65. The molecule has 1 saturated carbocycles. The van der Waals surface area contributed by atoms with Crippen LogP contribution >= 0.6 is 0 Å². The van der Waals surface area contributed by atoms with Crippen molar-refractivity contribution in [1.29, 1.82) is 0 Å². The number of nitrogens with one attached hydrogen (secondary N) is 2. The molecule has 0 bridgehead atoms. The van der Waals surface area contributed by atoms with Gasteiger partial charge in [-0.3, -0.25) is 0 Å². The lowest BCUT2D eigenvalue weighted by molar-refractivity contribution is 0.473. The van der Waals surface area contributed by atoms with Gasteiger partial charge < -0.3 is 10.3 Å². The van der Waals surface area contributed by atoms with Crippen molar-refractivity contribution in [3.63, 3.8) is 0 Å². The quantitative estimate of drug-likeness (QED) is 0.824. The highest BCUT2D eigenvalue weighted by molar-refractivity contribution is 5.21. The van der Waals surface area contributed by atoms with Crippen LogP contribution in [0.3, 0.4) is 0 Å². The molecule has 0 aliphatic heterocycles. The summed E-state index contributed by atoms with van der Waals surface area (Å²) in [6.45, 7) is 0.809. The highest BCUT2D eigenvalue weighted by Gasteiger charge is 2.31. The average molecular weight is 227 g/mol. The SMILES string of the molecule is c1ccc(C(NCc2ncc[nH]2)C2CC2)cc1. The summed E-state index contributed by atoms with van der Waals surface area (Å²) in [5.74, 6) is 1.80. The summed E-state index contributed by atoms with van der Waals surface area (Å²) in [4.78, 5) is 7.37. The summed E-state index contributed by atoms with van der Waals surface area (Å²) in [5, 5.41) is 3.61. The zero-order chi connectivity index (χ0) is 11.5. The molecule has 0 spiro atoms. The first-order chi connectivity index (χ1) is 8.43. The standard InChI is InChI=1S/C14H17N3/c1-2-4-11(5-3-1)14(12-6-7-12)17-10-13-15-8-9-16-13/h1-5,8-9,12,14,17H,6-7,10H2,(H,15,16). The van der Waals surface area contributed by atoms with Crippen molar-refractivity contribution < 1.29 is 0 Å². The smallest absolute Gasteiger partial charge is 0.120 e. The summed E-state index contributed by atoms with van der Waals surface area (Å²) >= 11 is 0. The van der Waals surface area contributed by atoms with Crippen molar-refractivity contribution >= 4 is 0 Å². The number of aromatic amines is 1. The molecule has 88 valence electrons. The third kappa shape index (κ3) is 2.56. The van der Waals surface area contributed by atoms with Gasteiger partial charge in [0.2, 0.25) is 0 Å². The minimum absolute atomic E-state index is 0.473. The zero-order valence-corrected chi connectivity index (χ0v) is 9.76. The van der Waals surface area contributed by atoms with Crippen molar-refractivity contribution in [1.82, 2.24) is 15.3 Å². The molecule has 1 aliphatic rings. The van der Waals surface area contributed by atoms with Crippen LogP contribution in [0.15, 0.2) is 42.7 Å². The summed E-state index contributed by atoms with van der Waals surface area (Å²) in [6, 6.07) is 11.2. The fourth-order valence-corrected chi connectivity index (χ4v) is 2.25. The van der Waals surface area contributed by atoms with Gasteiger partial charge in [-0.1, -0.05) is 30.3 Å². The van der Waals surface area contributed by atoms with Crippen LogP contribution in [0.25, 0.3) is 0 Å². The van der Waals surface area contributed by atoms with E-state index < -0.39 is 0 Å². The van der Waals surface area contributed by atoms with Crippen molar-refractivity contribution in [2.75, 3.05) is 0 Å². The van der Waals surface area contributed by atoms with Crippen LogP contribution in [0.4, 0.5) is 0 Å². The fourth-order valence-electron chi connectivity index (χ4n) is 2.25. The maximum absolute atomic E-state index is 4.24. The molecule has 1 heterocycles. The van der Waals surface area contributed by atoms with E-state index in [0.29, 0.717) is 6.04 Å². The molecule has 3 heteroatoms. The van der Waals surface area contributed by atoms with Crippen LogP contribution in [0.5, 0.6) is 0 Å². The van der Waals surface area contributed by atoms with Crippen LogP contribution in [-0.2, 0) is 6.54 Å². The number of hydrogen-bond acceptors (Lipinski definition) is 2. The third-order valence-corrected chi connectivity index (χ3v) is 3.30. The molecule has 1 aromatic heterocycles. The van der Waals surface area contributed by atoms with Gasteiger partial charge in [0, 0.05) is 18.4 Å². The molecule has 17 heavy (non-hydrogen) atoms. The molecular weight excluding hydrogens is 210 g/mol. The topological polar surface area (TPSA) is 40.7 Å². The van der Waals surface area contributed by atoms with Gasteiger partial charge in [-0.25, -0.2) is 4.98 Å². The Morgan fingerprint density at radius 3 is 2.76 bits per heavy atom. The minimum atomic E-state index is 0.473. The first-order valence-electron chi connectivity index (χ1n) is 6.20. The maximum Gasteiger partial charge on any atom is 0.120 e. The lowest BCUT2D eigenvalue weighted by atomic mass is 10.0. The lowest BCUT2D eigenvalue weighted by Crippen LogP contribution is -2.23. The summed E-state index contributed by atoms with van der Waals surface area (Å²) < 4.78 is 0. The van der Waals surface area contributed by atoms with E-state index >= 15 is 0 Å². The number of hydrogen-bond donors (Lipinski definition) is 2. The molecule has 0 amide bonds. The van der Waals surface area contributed by atoms with Crippen LogP contribution in [0.1, 0.15) is 30.3 Å². The number of imidazole rings is 1. The molecular formula is C14H17N3. The third-order valence-electron chi connectivity index (χ3n) is 3.30. The Bertz CT molecular complexity index is 446. The molecule has 3 rings (SSSR count). The Kier molecular flexibility index (Phi) is 2.92. The maximum atomic E-state index is 4.24.